The minimum atomic E-state index is -1.14. The first-order chi connectivity index (χ1) is 9.50. The standard InChI is InChI=1S/C14H18N2O3S/c1-10-13(18)16(14(10)20(2)19)9-12(17)15-8-11-6-4-3-5-7-11/h3-7,10,14H,8-9H2,1-2H3,(H,15,17)/t10-,14+,20?/m1/s1. The van der Waals surface area contributed by atoms with Crippen molar-refractivity contribution >= 4 is 23.0 Å². The van der Waals surface area contributed by atoms with Crippen LogP contribution < -0.4 is 5.32 Å². The predicted molar refractivity (Wildman–Crippen MR) is 77.0 cm³/mol. The highest BCUT2D eigenvalue weighted by Crippen LogP contribution is 2.29. The zero-order valence-electron chi connectivity index (χ0n) is 11.5. The van der Waals surface area contributed by atoms with Crippen molar-refractivity contribution in [2.24, 2.45) is 5.92 Å². The molecule has 0 aliphatic carbocycles. The summed E-state index contributed by atoms with van der Waals surface area (Å²) in [7, 11) is 0. The average molecular weight is 294 g/mol. The molecular formula is C14H18N2O3S. The van der Waals surface area contributed by atoms with Crippen molar-refractivity contribution in [3.8, 4) is 0 Å². The third-order valence-corrected chi connectivity index (χ3v) is 4.74. The minimum absolute atomic E-state index is 0.0275. The van der Waals surface area contributed by atoms with Gasteiger partial charge < -0.3 is 9.87 Å². The van der Waals surface area contributed by atoms with Gasteiger partial charge in [0.05, 0.1) is 6.26 Å². The zero-order chi connectivity index (χ0) is 14.7. The molecule has 1 aromatic carbocycles. The van der Waals surface area contributed by atoms with Gasteiger partial charge in [-0.25, -0.2) is 0 Å². The Morgan fingerprint density at radius 2 is 2.05 bits per heavy atom. The molecule has 1 unspecified atom stereocenters. The Balaban J connectivity index is 1.84. The first-order valence-corrected chi connectivity index (χ1v) is 8.06. The van der Waals surface area contributed by atoms with E-state index in [0.717, 1.165) is 5.56 Å². The number of carbonyl (C=O) groups excluding carboxylic acids is 2. The molecular weight excluding hydrogens is 276 g/mol. The van der Waals surface area contributed by atoms with Crippen LogP contribution in [-0.4, -0.2) is 39.4 Å². The van der Waals surface area contributed by atoms with E-state index in [2.05, 4.69) is 5.32 Å². The number of hydrogen-bond acceptors (Lipinski definition) is 3. The van der Waals surface area contributed by atoms with Crippen LogP contribution in [0.1, 0.15) is 12.5 Å². The average Bonchev–Trinajstić information content (AvgIpc) is 2.44. The molecule has 0 saturated carbocycles. The lowest BCUT2D eigenvalue weighted by Gasteiger charge is -2.43. The molecule has 0 radical (unpaired) electrons. The van der Waals surface area contributed by atoms with Crippen molar-refractivity contribution in [3.63, 3.8) is 0 Å². The van der Waals surface area contributed by atoms with Crippen molar-refractivity contribution in [3.05, 3.63) is 35.9 Å². The Bertz CT molecular complexity index is 492. The summed E-state index contributed by atoms with van der Waals surface area (Å²) in [6.45, 7) is 2.14. The van der Waals surface area contributed by atoms with E-state index in [0.29, 0.717) is 6.54 Å². The Morgan fingerprint density at radius 1 is 1.40 bits per heavy atom. The largest absolute Gasteiger partial charge is 0.615 e. The number of nitrogens with one attached hydrogen (secondary N) is 1. The van der Waals surface area contributed by atoms with Crippen LogP contribution >= 0.6 is 0 Å². The van der Waals surface area contributed by atoms with Gasteiger partial charge in [0.1, 0.15) is 12.5 Å². The lowest BCUT2D eigenvalue weighted by atomic mass is 10.0. The molecule has 20 heavy (non-hydrogen) atoms. The second-order valence-electron chi connectivity index (χ2n) is 4.91. The van der Waals surface area contributed by atoms with Gasteiger partial charge in [-0.15, -0.1) is 0 Å². The molecule has 0 aromatic heterocycles. The SMILES string of the molecule is C[C@@H]1C(=O)N(CC(=O)NCc2ccccc2)[C@H]1[S+](C)[O-]. The number of carbonyl (C=O) groups is 2. The fraction of sp³-hybridized carbons (Fsp3) is 0.429. The third-order valence-electron chi connectivity index (χ3n) is 3.39. The monoisotopic (exact) mass is 294 g/mol. The Morgan fingerprint density at radius 3 is 2.65 bits per heavy atom. The van der Waals surface area contributed by atoms with Crippen LogP contribution in [0.2, 0.25) is 0 Å². The maximum absolute atomic E-state index is 11.8. The second-order valence-corrected chi connectivity index (χ2v) is 6.39. The Kier molecular flexibility index (Phi) is 4.67. The topological polar surface area (TPSA) is 72.5 Å². The molecule has 6 heteroatoms. The highest BCUT2D eigenvalue weighted by molar-refractivity contribution is 7.91. The Labute approximate surface area is 121 Å². The van der Waals surface area contributed by atoms with E-state index in [1.165, 1.54) is 4.90 Å². The molecule has 2 rings (SSSR count). The van der Waals surface area contributed by atoms with Gasteiger partial charge in [-0.2, -0.15) is 0 Å². The molecule has 0 spiro atoms. The van der Waals surface area contributed by atoms with Gasteiger partial charge in [-0.05, 0) is 23.7 Å². The van der Waals surface area contributed by atoms with Gasteiger partial charge in [-0.1, -0.05) is 30.3 Å². The van der Waals surface area contributed by atoms with Crippen LogP contribution in [0.25, 0.3) is 0 Å². The van der Waals surface area contributed by atoms with E-state index < -0.39 is 11.2 Å². The van der Waals surface area contributed by atoms with Crippen LogP contribution in [0, 0.1) is 5.92 Å². The number of rotatable bonds is 5. The number of likely N-dealkylation sites (tertiary alicyclic amines) is 1. The van der Waals surface area contributed by atoms with Crippen molar-refractivity contribution in [2.75, 3.05) is 12.8 Å². The minimum Gasteiger partial charge on any atom is -0.615 e. The highest BCUT2D eigenvalue weighted by Gasteiger charge is 2.51. The normalized spacial score (nSPS) is 23.1. The third kappa shape index (κ3) is 3.13. The van der Waals surface area contributed by atoms with Crippen LogP contribution in [0.5, 0.6) is 0 Å². The van der Waals surface area contributed by atoms with Crippen LogP contribution in [0.4, 0.5) is 0 Å². The summed E-state index contributed by atoms with van der Waals surface area (Å²) in [4.78, 5) is 24.9. The Hall–Kier alpha value is -1.53. The molecule has 1 saturated heterocycles. The molecule has 1 aliphatic rings. The molecule has 108 valence electrons. The lowest BCUT2D eigenvalue weighted by Crippen LogP contribution is -2.64. The van der Waals surface area contributed by atoms with Gasteiger partial charge in [0.25, 0.3) is 0 Å². The van der Waals surface area contributed by atoms with E-state index in [-0.39, 0.29) is 29.7 Å². The molecule has 3 atom stereocenters. The molecule has 2 amide bonds. The fourth-order valence-electron chi connectivity index (χ4n) is 2.34. The molecule has 1 aliphatic heterocycles. The van der Waals surface area contributed by atoms with Gasteiger partial charge in [0.2, 0.25) is 17.2 Å². The fourth-order valence-corrected chi connectivity index (χ4v) is 3.57. The number of hydrogen-bond donors (Lipinski definition) is 1. The van der Waals surface area contributed by atoms with E-state index in [9.17, 15) is 14.1 Å². The molecule has 0 bridgehead atoms. The van der Waals surface area contributed by atoms with Crippen molar-refractivity contribution < 1.29 is 14.1 Å². The smallest absolute Gasteiger partial charge is 0.240 e. The predicted octanol–water partition coefficient (Wildman–Crippen LogP) is 0.486. The molecule has 1 aromatic rings. The number of β-lactam (4-membered cyclic amide) rings is 1. The van der Waals surface area contributed by atoms with Gasteiger partial charge in [0, 0.05) is 6.54 Å². The maximum atomic E-state index is 11.8. The van der Waals surface area contributed by atoms with Crippen LogP contribution in [-0.2, 0) is 27.3 Å². The maximum Gasteiger partial charge on any atom is 0.240 e. The first-order valence-electron chi connectivity index (χ1n) is 6.44. The quantitative estimate of drug-likeness (QED) is 0.634. The summed E-state index contributed by atoms with van der Waals surface area (Å²) >= 11 is -1.14. The zero-order valence-corrected chi connectivity index (χ0v) is 12.4. The summed E-state index contributed by atoms with van der Waals surface area (Å²) in [5, 5.41) is 2.42. The number of benzene rings is 1. The van der Waals surface area contributed by atoms with E-state index in [1.807, 2.05) is 30.3 Å². The highest BCUT2D eigenvalue weighted by atomic mass is 32.2. The van der Waals surface area contributed by atoms with E-state index in [4.69, 9.17) is 0 Å². The van der Waals surface area contributed by atoms with Crippen molar-refractivity contribution in [1.29, 1.82) is 0 Å². The van der Waals surface area contributed by atoms with E-state index in [1.54, 1.807) is 13.2 Å². The second kappa shape index (κ2) is 6.28. The van der Waals surface area contributed by atoms with Gasteiger partial charge in [-0.3, -0.25) is 14.5 Å². The number of nitrogens with zero attached hydrogens (tertiary/aromatic N) is 1. The summed E-state index contributed by atoms with van der Waals surface area (Å²) in [5.41, 5.74) is 1.000. The molecule has 5 nitrogen and oxygen atoms in total. The molecule has 1 fully saturated rings. The van der Waals surface area contributed by atoms with Crippen LogP contribution in [0.15, 0.2) is 30.3 Å². The summed E-state index contributed by atoms with van der Waals surface area (Å²) in [5.74, 6) is -0.604. The summed E-state index contributed by atoms with van der Waals surface area (Å²) in [6, 6.07) is 9.55. The number of amides is 2. The first kappa shape index (κ1) is 14.9. The molecule has 1 N–H and O–H groups in total. The van der Waals surface area contributed by atoms with Gasteiger partial charge >= 0.3 is 0 Å². The van der Waals surface area contributed by atoms with Crippen molar-refractivity contribution in [2.45, 2.75) is 18.8 Å². The summed E-state index contributed by atoms with van der Waals surface area (Å²) in [6.07, 6.45) is 1.56. The van der Waals surface area contributed by atoms with E-state index >= 15 is 0 Å². The van der Waals surface area contributed by atoms with Gasteiger partial charge in [0.15, 0.2) is 0 Å². The lowest BCUT2D eigenvalue weighted by molar-refractivity contribution is -0.152. The van der Waals surface area contributed by atoms with Crippen LogP contribution in [0.3, 0.4) is 0 Å². The molecule has 1 heterocycles. The summed E-state index contributed by atoms with van der Waals surface area (Å²) < 4.78 is 11.5. The van der Waals surface area contributed by atoms with Crippen molar-refractivity contribution in [1.82, 2.24) is 10.2 Å².